The average molecular weight is 185 g/mol. The molecular formula is C7H7BrN. The van der Waals surface area contributed by atoms with Crippen molar-refractivity contribution in [1.82, 2.24) is 4.98 Å². The molecule has 0 spiro atoms. The molecule has 0 aliphatic carbocycles. The van der Waals surface area contributed by atoms with Crippen LogP contribution in [0, 0.1) is 6.42 Å². The molecular weight excluding hydrogens is 178 g/mol. The SMILES string of the molecule is C[CH]c1cc(Br)ccn1. The fourth-order valence-corrected chi connectivity index (χ4v) is 0.932. The molecule has 1 nitrogen and oxygen atoms in total. The largest absolute Gasteiger partial charge is 0.261 e. The number of aromatic nitrogens is 1. The van der Waals surface area contributed by atoms with Gasteiger partial charge in [-0.05, 0) is 12.1 Å². The third-order valence-electron chi connectivity index (χ3n) is 1.04. The molecule has 0 amide bonds. The summed E-state index contributed by atoms with van der Waals surface area (Å²) in [5.74, 6) is 0. The van der Waals surface area contributed by atoms with E-state index in [9.17, 15) is 0 Å². The number of rotatable bonds is 1. The molecule has 2 heteroatoms. The van der Waals surface area contributed by atoms with E-state index in [4.69, 9.17) is 0 Å². The Labute approximate surface area is 63.2 Å². The number of halogens is 1. The number of hydrogen-bond acceptors (Lipinski definition) is 1. The summed E-state index contributed by atoms with van der Waals surface area (Å²) in [5.41, 5.74) is 1.00. The lowest BCUT2D eigenvalue weighted by Gasteiger charge is -1.92. The van der Waals surface area contributed by atoms with Gasteiger partial charge in [0.2, 0.25) is 0 Å². The molecule has 1 aromatic heterocycles. The van der Waals surface area contributed by atoms with E-state index in [0.29, 0.717) is 0 Å². The van der Waals surface area contributed by atoms with Crippen LogP contribution in [-0.4, -0.2) is 4.98 Å². The minimum absolute atomic E-state index is 1.00. The topological polar surface area (TPSA) is 12.9 Å². The molecule has 0 N–H and O–H groups in total. The van der Waals surface area contributed by atoms with Crippen LogP contribution in [0.15, 0.2) is 22.8 Å². The maximum Gasteiger partial charge on any atom is 0.0449 e. The van der Waals surface area contributed by atoms with Crippen molar-refractivity contribution in [3.63, 3.8) is 0 Å². The molecule has 0 aliphatic heterocycles. The van der Waals surface area contributed by atoms with Crippen molar-refractivity contribution in [1.29, 1.82) is 0 Å². The minimum Gasteiger partial charge on any atom is -0.261 e. The summed E-state index contributed by atoms with van der Waals surface area (Å²) >= 11 is 3.34. The van der Waals surface area contributed by atoms with Gasteiger partial charge in [0.05, 0.1) is 0 Å². The van der Waals surface area contributed by atoms with Gasteiger partial charge < -0.3 is 0 Å². The van der Waals surface area contributed by atoms with E-state index >= 15 is 0 Å². The van der Waals surface area contributed by atoms with Gasteiger partial charge in [-0.15, -0.1) is 0 Å². The molecule has 0 saturated heterocycles. The van der Waals surface area contributed by atoms with E-state index in [1.54, 1.807) is 6.20 Å². The first-order valence-corrected chi connectivity index (χ1v) is 3.53. The van der Waals surface area contributed by atoms with Crippen molar-refractivity contribution in [2.45, 2.75) is 6.92 Å². The maximum absolute atomic E-state index is 4.07. The van der Waals surface area contributed by atoms with E-state index in [1.165, 1.54) is 0 Å². The van der Waals surface area contributed by atoms with E-state index in [-0.39, 0.29) is 0 Å². The van der Waals surface area contributed by atoms with Gasteiger partial charge in [0, 0.05) is 22.8 Å². The quantitative estimate of drug-likeness (QED) is 0.654. The Bertz CT molecular complexity index is 198. The molecule has 1 heterocycles. The third-order valence-corrected chi connectivity index (χ3v) is 1.53. The highest BCUT2D eigenvalue weighted by molar-refractivity contribution is 9.10. The van der Waals surface area contributed by atoms with Crippen molar-refractivity contribution >= 4 is 15.9 Å². The van der Waals surface area contributed by atoms with Crippen LogP contribution < -0.4 is 0 Å². The Morgan fingerprint density at radius 2 is 2.44 bits per heavy atom. The van der Waals surface area contributed by atoms with Crippen LogP contribution in [0.4, 0.5) is 0 Å². The van der Waals surface area contributed by atoms with Crippen molar-refractivity contribution < 1.29 is 0 Å². The Morgan fingerprint density at radius 3 is 2.89 bits per heavy atom. The molecule has 47 valence electrons. The normalized spacial score (nSPS) is 9.56. The zero-order valence-electron chi connectivity index (χ0n) is 5.13. The molecule has 0 unspecified atom stereocenters. The van der Waals surface area contributed by atoms with Gasteiger partial charge in [-0.1, -0.05) is 22.9 Å². The van der Waals surface area contributed by atoms with Crippen LogP contribution in [0.5, 0.6) is 0 Å². The van der Waals surface area contributed by atoms with Crippen molar-refractivity contribution in [2.24, 2.45) is 0 Å². The summed E-state index contributed by atoms with van der Waals surface area (Å²) < 4.78 is 1.07. The zero-order chi connectivity index (χ0) is 6.69. The van der Waals surface area contributed by atoms with Crippen LogP contribution >= 0.6 is 15.9 Å². The number of hydrogen-bond donors (Lipinski definition) is 0. The fraction of sp³-hybridized carbons (Fsp3) is 0.143. The Balaban J connectivity index is 2.94. The Hall–Kier alpha value is -0.370. The van der Waals surface area contributed by atoms with Gasteiger partial charge in [-0.25, -0.2) is 0 Å². The maximum atomic E-state index is 4.07. The first-order chi connectivity index (χ1) is 4.33. The van der Waals surface area contributed by atoms with Gasteiger partial charge in [0.15, 0.2) is 0 Å². The second-order valence-electron chi connectivity index (χ2n) is 1.69. The predicted octanol–water partition coefficient (Wildman–Crippen LogP) is 2.42. The number of pyridine rings is 1. The van der Waals surface area contributed by atoms with Crippen LogP contribution in [0.25, 0.3) is 0 Å². The van der Waals surface area contributed by atoms with Crippen molar-refractivity contribution in [3.8, 4) is 0 Å². The second-order valence-corrected chi connectivity index (χ2v) is 2.60. The van der Waals surface area contributed by atoms with Gasteiger partial charge >= 0.3 is 0 Å². The molecule has 0 bridgehead atoms. The summed E-state index contributed by atoms with van der Waals surface area (Å²) in [4.78, 5) is 4.07. The Morgan fingerprint density at radius 1 is 1.67 bits per heavy atom. The monoisotopic (exact) mass is 184 g/mol. The minimum atomic E-state index is 1.00. The highest BCUT2D eigenvalue weighted by Gasteiger charge is 1.89. The van der Waals surface area contributed by atoms with Crippen LogP contribution in [0.3, 0.4) is 0 Å². The molecule has 0 fully saturated rings. The van der Waals surface area contributed by atoms with Gasteiger partial charge in [0.1, 0.15) is 0 Å². The predicted molar refractivity (Wildman–Crippen MR) is 41.0 cm³/mol. The van der Waals surface area contributed by atoms with Crippen LogP contribution in [0.1, 0.15) is 12.6 Å². The van der Waals surface area contributed by atoms with Crippen molar-refractivity contribution in [2.75, 3.05) is 0 Å². The molecule has 1 rings (SSSR count). The summed E-state index contributed by atoms with van der Waals surface area (Å²) in [5, 5.41) is 0. The first kappa shape index (κ1) is 6.75. The second kappa shape index (κ2) is 2.97. The number of nitrogens with zero attached hydrogens (tertiary/aromatic N) is 1. The van der Waals surface area contributed by atoms with Crippen LogP contribution in [-0.2, 0) is 0 Å². The summed E-state index contributed by atoms with van der Waals surface area (Å²) in [6, 6.07) is 3.88. The highest BCUT2D eigenvalue weighted by atomic mass is 79.9. The lowest BCUT2D eigenvalue weighted by atomic mass is 10.3. The van der Waals surface area contributed by atoms with Crippen LogP contribution in [0.2, 0.25) is 0 Å². The lowest BCUT2D eigenvalue weighted by Crippen LogP contribution is -1.81. The molecule has 0 aromatic carbocycles. The summed E-state index contributed by atoms with van der Waals surface area (Å²) in [6.07, 6.45) is 3.74. The molecule has 0 atom stereocenters. The summed E-state index contributed by atoms with van der Waals surface area (Å²) in [7, 11) is 0. The highest BCUT2D eigenvalue weighted by Crippen LogP contribution is 2.09. The van der Waals surface area contributed by atoms with E-state index < -0.39 is 0 Å². The molecule has 1 radical (unpaired) electrons. The van der Waals surface area contributed by atoms with E-state index in [2.05, 4.69) is 20.9 Å². The standard InChI is InChI=1S/C7H7BrN/c1-2-7-5-6(8)3-4-9-7/h2-5H,1H3. The molecule has 0 aliphatic rings. The molecule has 9 heavy (non-hydrogen) atoms. The van der Waals surface area contributed by atoms with Gasteiger partial charge in [-0.2, -0.15) is 0 Å². The summed E-state index contributed by atoms with van der Waals surface area (Å²) in [6.45, 7) is 1.97. The molecule has 1 aromatic rings. The fourth-order valence-electron chi connectivity index (χ4n) is 0.579. The smallest absolute Gasteiger partial charge is 0.0449 e. The van der Waals surface area contributed by atoms with Gasteiger partial charge in [-0.3, -0.25) is 4.98 Å². The zero-order valence-corrected chi connectivity index (χ0v) is 6.72. The van der Waals surface area contributed by atoms with E-state index in [1.807, 2.05) is 25.5 Å². The Kier molecular flexibility index (Phi) is 2.22. The van der Waals surface area contributed by atoms with Crippen molar-refractivity contribution in [3.05, 3.63) is 34.9 Å². The van der Waals surface area contributed by atoms with E-state index in [0.717, 1.165) is 10.2 Å². The van der Waals surface area contributed by atoms with Gasteiger partial charge in [0.25, 0.3) is 0 Å². The lowest BCUT2D eigenvalue weighted by molar-refractivity contribution is 1.19. The average Bonchev–Trinajstić information content (AvgIpc) is 1.88. The third kappa shape index (κ3) is 1.79. The molecule has 0 saturated carbocycles. The first-order valence-electron chi connectivity index (χ1n) is 2.74.